The smallest absolute Gasteiger partial charge is 0.248 e. The van der Waals surface area contributed by atoms with E-state index in [2.05, 4.69) is 6.92 Å². The first-order valence-corrected chi connectivity index (χ1v) is 6.63. The van der Waals surface area contributed by atoms with Crippen molar-refractivity contribution in [2.45, 2.75) is 19.3 Å². The summed E-state index contributed by atoms with van der Waals surface area (Å²) in [4.78, 5) is 11.5. The summed E-state index contributed by atoms with van der Waals surface area (Å²) in [6, 6.07) is 15.5. The summed E-state index contributed by atoms with van der Waals surface area (Å²) in [5.41, 5.74) is 8.24. The molecule has 0 aromatic heterocycles. The van der Waals surface area contributed by atoms with Gasteiger partial charge in [0.15, 0.2) is 0 Å². The lowest BCUT2D eigenvalue weighted by Gasteiger charge is -2.15. The van der Waals surface area contributed by atoms with Crippen molar-refractivity contribution < 1.29 is 9.53 Å². The third kappa shape index (κ3) is 3.18. The average molecular weight is 269 g/mol. The van der Waals surface area contributed by atoms with Gasteiger partial charge in [-0.15, -0.1) is 0 Å². The zero-order valence-corrected chi connectivity index (χ0v) is 11.8. The molecule has 1 atom stereocenters. The predicted octanol–water partition coefficient (Wildman–Crippen LogP) is 3.14. The molecule has 0 spiro atoms. The van der Waals surface area contributed by atoms with Crippen LogP contribution < -0.4 is 10.5 Å². The number of amides is 1. The summed E-state index contributed by atoms with van der Waals surface area (Å²) in [5, 5.41) is 0. The van der Waals surface area contributed by atoms with Gasteiger partial charge in [-0.25, -0.2) is 0 Å². The number of rotatable bonds is 5. The van der Waals surface area contributed by atoms with Crippen molar-refractivity contribution in [1.82, 2.24) is 0 Å². The number of nitrogens with two attached hydrogens (primary N) is 1. The van der Waals surface area contributed by atoms with E-state index in [9.17, 15) is 4.79 Å². The van der Waals surface area contributed by atoms with Crippen LogP contribution in [0.3, 0.4) is 0 Å². The molecule has 2 aromatic carbocycles. The zero-order chi connectivity index (χ0) is 14.5. The second kappa shape index (κ2) is 6.24. The number of ether oxygens (including phenoxy) is 1. The fraction of sp³-hybridized carbons (Fsp3) is 0.235. The average Bonchev–Trinajstić information content (AvgIpc) is 2.48. The van der Waals surface area contributed by atoms with Crippen molar-refractivity contribution in [3.8, 4) is 5.75 Å². The monoisotopic (exact) mass is 269 g/mol. The van der Waals surface area contributed by atoms with E-state index in [-0.39, 0.29) is 11.8 Å². The molecule has 0 aliphatic carbocycles. The van der Waals surface area contributed by atoms with Crippen molar-refractivity contribution in [2.75, 3.05) is 7.11 Å². The van der Waals surface area contributed by atoms with Gasteiger partial charge < -0.3 is 10.5 Å². The minimum absolute atomic E-state index is 0.229. The number of hydrogen-bond acceptors (Lipinski definition) is 2. The largest absolute Gasteiger partial charge is 0.497 e. The van der Waals surface area contributed by atoms with E-state index in [0.717, 1.165) is 17.7 Å². The first kappa shape index (κ1) is 14.1. The van der Waals surface area contributed by atoms with E-state index in [4.69, 9.17) is 10.5 Å². The van der Waals surface area contributed by atoms with Crippen LogP contribution in [-0.2, 0) is 6.42 Å². The Hall–Kier alpha value is -2.29. The van der Waals surface area contributed by atoms with E-state index in [0.29, 0.717) is 5.56 Å². The maximum Gasteiger partial charge on any atom is 0.248 e. The Morgan fingerprint density at radius 1 is 1.15 bits per heavy atom. The maximum atomic E-state index is 11.5. The van der Waals surface area contributed by atoms with E-state index >= 15 is 0 Å². The van der Waals surface area contributed by atoms with Crippen LogP contribution in [0.2, 0.25) is 0 Å². The third-order valence-corrected chi connectivity index (χ3v) is 3.46. The van der Waals surface area contributed by atoms with Crippen molar-refractivity contribution in [2.24, 2.45) is 5.73 Å². The Kier molecular flexibility index (Phi) is 4.41. The molecule has 3 nitrogen and oxygen atoms in total. The molecule has 3 heteroatoms. The van der Waals surface area contributed by atoms with Crippen LogP contribution in [0.5, 0.6) is 5.75 Å². The van der Waals surface area contributed by atoms with Crippen LogP contribution in [0, 0.1) is 0 Å². The Labute approximate surface area is 119 Å². The van der Waals surface area contributed by atoms with Crippen LogP contribution in [0.1, 0.15) is 34.3 Å². The quantitative estimate of drug-likeness (QED) is 0.906. The molecule has 2 rings (SSSR count). The summed E-state index contributed by atoms with van der Waals surface area (Å²) in [6.45, 7) is 2.10. The molecule has 104 valence electrons. The van der Waals surface area contributed by atoms with Gasteiger partial charge in [0.2, 0.25) is 5.91 Å². The first-order valence-electron chi connectivity index (χ1n) is 6.63. The van der Waals surface area contributed by atoms with Crippen LogP contribution in [0.15, 0.2) is 48.5 Å². The van der Waals surface area contributed by atoms with Crippen molar-refractivity contribution in [3.05, 3.63) is 65.2 Å². The topological polar surface area (TPSA) is 52.3 Å². The van der Waals surface area contributed by atoms with E-state index in [1.165, 1.54) is 5.56 Å². The van der Waals surface area contributed by atoms with Gasteiger partial charge in [0.1, 0.15) is 5.75 Å². The lowest BCUT2D eigenvalue weighted by atomic mass is 9.90. The lowest BCUT2D eigenvalue weighted by Crippen LogP contribution is -2.15. The fourth-order valence-corrected chi connectivity index (χ4v) is 2.38. The minimum Gasteiger partial charge on any atom is -0.497 e. The predicted molar refractivity (Wildman–Crippen MR) is 80.1 cm³/mol. The second-order valence-electron chi connectivity index (χ2n) is 4.90. The molecule has 20 heavy (non-hydrogen) atoms. The summed E-state index contributed by atoms with van der Waals surface area (Å²) in [6.07, 6.45) is 0.855. The fourth-order valence-electron chi connectivity index (χ4n) is 2.38. The second-order valence-corrected chi connectivity index (χ2v) is 4.90. The highest BCUT2D eigenvalue weighted by Gasteiger charge is 2.14. The number of primary amides is 1. The number of carbonyl (C=O) groups excluding carboxylic acids is 1. The Morgan fingerprint density at radius 3 is 2.40 bits per heavy atom. The molecule has 0 saturated carbocycles. The normalized spacial score (nSPS) is 11.9. The number of hydrogen-bond donors (Lipinski definition) is 1. The van der Waals surface area contributed by atoms with Gasteiger partial charge >= 0.3 is 0 Å². The molecule has 2 aromatic rings. The van der Waals surface area contributed by atoms with Crippen LogP contribution in [-0.4, -0.2) is 13.0 Å². The Bertz CT molecular complexity index is 590. The SMILES string of the molecule is COc1ccc(CC(C)c2ccccc2C(N)=O)cc1. The lowest BCUT2D eigenvalue weighted by molar-refractivity contribution is 0.0999. The molecule has 0 bridgehead atoms. The molecule has 0 saturated heterocycles. The molecule has 0 aliphatic heterocycles. The molecule has 2 N–H and O–H groups in total. The highest BCUT2D eigenvalue weighted by Crippen LogP contribution is 2.24. The number of methoxy groups -OCH3 is 1. The molecular weight excluding hydrogens is 250 g/mol. The Morgan fingerprint density at radius 2 is 1.80 bits per heavy atom. The molecular formula is C17H19NO2. The van der Waals surface area contributed by atoms with E-state index < -0.39 is 0 Å². The van der Waals surface area contributed by atoms with Gasteiger partial charge in [-0.2, -0.15) is 0 Å². The van der Waals surface area contributed by atoms with Gasteiger partial charge in [0, 0.05) is 5.56 Å². The molecule has 0 aliphatic rings. The van der Waals surface area contributed by atoms with Gasteiger partial charge in [-0.3, -0.25) is 4.79 Å². The van der Waals surface area contributed by atoms with Gasteiger partial charge in [-0.1, -0.05) is 37.3 Å². The van der Waals surface area contributed by atoms with Gasteiger partial charge in [0.05, 0.1) is 7.11 Å². The van der Waals surface area contributed by atoms with Gasteiger partial charge in [0.25, 0.3) is 0 Å². The number of carbonyl (C=O) groups is 1. The maximum absolute atomic E-state index is 11.5. The molecule has 0 radical (unpaired) electrons. The first-order chi connectivity index (χ1) is 9.61. The van der Waals surface area contributed by atoms with Crippen molar-refractivity contribution >= 4 is 5.91 Å². The summed E-state index contributed by atoms with van der Waals surface area (Å²) in [7, 11) is 1.65. The Balaban J connectivity index is 2.19. The highest BCUT2D eigenvalue weighted by atomic mass is 16.5. The molecule has 0 fully saturated rings. The van der Waals surface area contributed by atoms with E-state index in [1.807, 2.05) is 42.5 Å². The van der Waals surface area contributed by atoms with Gasteiger partial charge in [-0.05, 0) is 41.7 Å². The van der Waals surface area contributed by atoms with Crippen molar-refractivity contribution in [3.63, 3.8) is 0 Å². The number of benzene rings is 2. The molecule has 0 heterocycles. The van der Waals surface area contributed by atoms with Crippen LogP contribution >= 0.6 is 0 Å². The summed E-state index contributed by atoms with van der Waals surface area (Å²) < 4.78 is 5.15. The zero-order valence-electron chi connectivity index (χ0n) is 11.8. The van der Waals surface area contributed by atoms with Crippen molar-refractivity contribution in [1.29, 1.82) is 0 Å². The summed E-state index contributed by atoms with van der Waals surface area (Å²) in [5.74, 6) is 0.702. The third-order valence-electron chi connectivity index (χ3n) is 3.46. The molecule has 1 amide bonds. The molecule has 1 unspecified atom stereocenters. The highest BCUT2D eigenvalue weighted by molar-refractivity contribution is 5.94. The van der Waals surface area contributed by atoms with E-state index in [1.54, 1.807) is 13.2 Å². The van der Waals surface area contributed by atoms with Crippen LogP contribution in [0.4, 0.5) is 0 Å². The minimum atomic E-state index is -0.373. The van der Waals surface area contributed by atoms with Crippen LogP contribution in [0.25, 0.3) is 0 Å². The summed E-state index contributed by atoms with van der Waals surface area (Å²) >= 11 is 0. The standard InChI is InChI=1S/C17H19NO2/c1-12(11-13-7-9-14(20-2)10-8-13)15-5-3-4-6-16(15)17(18)19/h3-10,12H,11H2,1-2H3,(H2,18,19).